The van der Waals surface area contributed by atoms with E-state index in [2.05, 4.69) is 28.8 Å². The molecule has 45 heavy (non-hydrogen) atoms. The van der Waals surface area contributed by atoms with Gasteiger partial charge in [-0.05, 0) is 97.7 Å². The molecule has 5 atom stereocenters. The number of aliphatic hydroxyl groups is 2. The fourth-order valence-corrected chi connectivity index (χ4v) is 9.07. The Balaban J connectivity index is 1.39. The molecule has 9 nitrogen and oxygen atoms in total. The van der Waals surface area contributed by atoms with Gasteiger partial charge in [0.25, 0.3) is 5.91 Å². The fraction of sp³-hybridized carbons (Fsp3) is 0.500. The minimum atomic E-state index is -4.08. The third kappa shape index (κ3) is 5.91. The Hall–Kier alpha value is -2.89. The SMILES string of the molecule is C=CCCCN1C[C@@](O)(c2ccc3c(c2)N(C[C@@H]2CC[C@H]2C(O)C=C)C[C@@]2(CCCc4cc(Cl)ccc42)CO3)C(=O)NS1(=O)=O. The van der Waals surface area contributed by atoms with E-state index in [4.69, 9.17) is 16.3 Å². The number of hydrogen-bond acceptors (Lipinski definition) is 7. The van der Waals surface area contributed by atoms with Crippen LogP contribution >= 0.6 is 11.6 Å². The maximum atomic E-state index is 13.2. The molecular formula is C34H42ClN3O6S. The van der Waals surface area contributed by atoms with Crippen molar-refractivity contribution in [1.82, 2.24) is 9.03 Å². The Kier molecular flexibility index (Phi) is 8.82. The molecule has 1 amide bonds. The summed E-state index contributed by atoms with van der Waals surface area (Å²) in [5, 5.41) is 23.2. The van der Waals surface area contributed by atoms with Gasteiger partial charge in [-0.15, -0.1) is 13.2 Å². The van der Waals surface area contributed by atoms with Crippen LogP contribution < -0.4 is 14.4 Å². The lowest BCUT2D eigenvalue weighted by Gasteiger charge is -2.45. The molecule has 3 N–H and O–H groups in total. The van der Waals surface area contributed by atoms with Crippen LogP contribution in [0, 0.1) is 11.8 Å². The van der Waals surface area contributed by atoms with Gasteiger partial charge < -0.3 is 19.8 Å². The first-order chi connectivity index (χ1) is 21.5. The summed E-state index contributed by atoms with van der Waals surface area (Å²) >= 11 is 6.40. The molecule has 11 heteroatoms. The molecule has 2 aliphatic heterocycles. The summed E-state index contributed by atoms with van der Waals surface area (Å²) in [6.45, 7) is 8.97. The quantitative estimate of drug-likeness (QED) is 0.274. The van der Waals surface area contributed by atoms with Crippen molar-refractivity contribution in [3.63, 3.8) is 0 Å². The molecule has 1 saturated carbocycles. The number of ether oxygens (including phenoxy) is 1. The van der Waals surface area contributed by atoms with Crippen molar-refractivity contribution in [3.8, 4) is 5.75 Å². The highest BCUT2D eigenvalue weighted by Crippen LogP contribution is 2.47. The summed E-state index contributed by atoms with van der Waals surface area (Å²) in [4.78, 5) is 15.5. The van der Waals surface area contributed by atoms with Crippen molar-refractivity contribution >= 4 is 33.4 Å². The van der Waals surface area contributed by atoms with Crippen LogP contribution in [0.4, 0.5) is 5.69 Å². The van der Waals surface area contributed by atoms with E-state index < -0.39 is 34.4 Å². The maximum absolute atomic E-state index is 13.2. The van der Waals surface area contributed by atoms with Gasteiger partial charge >= 0.3 is 10.2 Å². The first-order valence-corrected chi connectivity index (χ1v) is 17.6. The lowest BCUT2D eigenvalue weighted by molar-refractivity contribution is -0.141. The number of aryl methyl sites for hydroxylation is 1. The van der Waals surface area contributed by atoms with Gasteiger partial charge in [0.05, 0.1) is 24.9 Å². The summed E-state index contributed by atoms with van der Waals surface area (Å²) < 4.78 is 35.3. The van der Waals surface area contributed by atoms with Gasteiger partial charge in [-0.25, -0.2) is 4.72 Å². The Morgan fingerprint density at radius 3 is 2.73 bits per heavy atom. The van der Waals surface area contributed by atoms with Gasteiger partial charge in [-0.1, -0.05) is 35.9 Å². The van der Waals surface area contributed by atoms with Crippen LogP contribution in [-0.4, -0.2) is 67.7 Å². The Labute approximate surface area is 270 Å². The molecule has 0 bridgehead atoms. The van der Waals surface area contributed by atoms with Gasteiger partial charge in [0.1, 0.15) is 5.75 Å². The summed E-state index contributed by atoms with van der Waals surface area (Å²) in [6, 6.07) is 11.3. The van der Waals surface area contributed by atoms with Crippen LogP contribution in [0.15, 0.2) is 61.7 Å². The van der Waals surface area contributed by atoms with Crippen molar-refractivity contribution in [1.29, 1.82) is 0 Å². The molecule has 2 aliphatic carbocycles. The monoisotopic (exact) mass is 655 g/mol. The minimum absolute atomic E-state index is 0.0920. The summed E-state index contributed by atoms with van der Waals surface area (Å²) in [5.41, 5.74) is 1.05. The van der Waals surface area contributed by atoms with Gasteiger partial charge in [0, 0.05) is 30.1 Å². The van der Waals surface area contributed by atoms with E-state index in [1.54, 1.807) is 30.4 Å². The number of halogens is 1. The van der Waals surface area contributed by atoms with Gasteiger partial charge in [-0.3, -0.25) is 4.79 Å². The molecule has 1 spiro atoms. The predicted molar refractivity (Wildman–Crippen MR) is 175 cm³/mol. The molecular weight excluding hydrogens is 614 g/mol. The van der Waals surface area contributed by atoms with Gasteiger partial charge in [0.2, 0.25) is 0 Å². The predicted octanol–water partition coefficient (Wildman–Crippen LogP) is 4.22. The second kappa shape index (κ2) is 12.4. The summed E-state index contributed by atoms with van der Waals surface area (Å²) in [7, 11) is -4.08. The molecule has 6 rings (SSSR count). The van der Waals surface area contributed by atoms with Crippen LogP contribution in [0.5, 0.6) is 5.75 Å². The standard InChI is InChI=1S/C34H42ClN3O6S/c1-3-5-6-16-38-21-34(41,32(40)36-45(38,42)43)25-10-14-31-29(18-25)37(19-24-9-12-27(24)30(39)4-2)20-33(22-44-31)15-7-8-23-17-26(35)11-13-28(23)33/h3-4,10-11,13-14,17-18,24,27,30,39,41H,1-2,5-9,12,15-16,19-22H2,(H,36,40)/t24-,27+,30?,33-,34+/m0/s1. The Morgan fingerprint density at radius 2 is 2.00 bits per heavy atom. The van der Waals surface area contributed by atoms with E-state index in [1.165, 1.54) is 11.1 Å². The number of nitrogens with zero attached hydrogens (tertiary/aromatic N) is 2. The van der Waals surface area contributed by atoms with E-state index in [-0.39, 0.29) is 23.8 Å². The number of fused-ring (bicyclic) bond motifs is 3. The van der Waals surface area contributed by atoms with E-state index in [0.717, 1.165) is 42.1 Å². The van der Waals surface area contributed by atoms with Gasteiger partial charge in [0.15, 0.2) is 5.60 Å². The first kappa shape index (κ1) is 32.1. The van der Waals surface area contributed by atoms with Crippen LogP contribution in [0.25, 0.3) is 0 Å². The number of hydrogen-bond donors (Lipinski definition) is 3. The zero-order valence-electron chi connectivity index (χ0n) is 25.5. The summed E-state index contributed by atoms with van der Waals surface area (Å²) in [6.07, 6.45) is 8.55. The van der Waals surface area contributed by atoms with Crippen molar-refractivity contribution in [2.24, 2.45) is 11.8 Å². The maximum Gasteiger partial charge on any atom is 0.304 e. The average molecular weight is 656 g/mol. The Morgan fingerprint density at radius 1 is 1.18 bits per heavy atom. The van der Waals surface area contributed by atoms with Crippen molar-refractivity contribution in [2.45, 2.75) is 62.1 Å². The number of rotatable bonds is 9. The second-order valence-corrected chi connectivity index (χ2v) is 15.2. The van der Waals surface area contributed by atoms with Crippen LogP contribution in [0.2, 0.25) is 5.02 Å². The zero-order chi connectivity index (χ0) is 32.0. The minimum Gasteiger partial charge on any atom is -0.490 e. The molecule has 2 fully saturated rings. The highest BCUT2D eigenvalue weighted by Gasteiger charge is 2.50. The number of carbonyl (C=O) groups excluding carboxylic acids is 1. The number of amides is 1. The van der Waals surface area contributed by atoms with Crippen molar-refractivity contribution in [3.05, 3.63) is 83.4 Å². The van der Waals surface area contributed by atoms with Crippen LogP contribution in [-0.2, 0) is 32.4 Å². The van der Waals surface area contributed by atoms with E-state index in [1.807, 2.05) is 12.1 Å². The van der Waals surface area contributed by atoms with E-state index in [9.17, 15) is 23.4 Å². The normalized spacial score (nSPS) is 29.8. The van der Waals surface area contributed by atoms with Crippen LogP contribution in [0.3, 0.4) is 0 Å². The molecule has 1 saturated heterocycles. The number of aliphatic hydroxyl groups excluding tert-OH is 1. The summed E-state index contributed by atoms with van der Waals surface area (Å²) in [5.74, 6) is -0.0443. The largest absolute Gasteiger partial charge is 0.490 e. The number of nitrogens with one attached hydrogen (secondary N) is 1. The highest BCUT2D eigenvalue weighted by atomic mass is 35.5. The topological polar surface area (TPSA) is 119 Å². The molecule has 0 aromatic heterocycles. The smallest absolute Gasteiger partial charge is 0.304 e. The first-order valence-electron chi connectivity index (χ1n) is 15.8. The Bertz CT molecular complexity index is 1600. The zero-order valence-corrected chi connectivity index (χ0v) is 27.0. The molecule has 242 valence electrons. The van der Waals surface area contributed by atoms with Crippen molar-refractivity contribution in [2.75, 3.05) is 37.7 Å². The number of allylic oxidation sites excluding steroid dienone is 1. The average Bonchev–Trinajstić information content (AvgIpc) is 3.14. The number of anilines is 1. The molecule has 2 aromatic rings. The van der Waals surface area contributed by atoms with E-state index in [0.29, 0.717) is 48.9 Å². The molecule has 2 heterocycles. The van der Waals surface area contributed by atoms with Gasteiger partial charge in [-0.2, -0.15) is 12.7 Å². The van der Waals surface area contributed by atoms with Crippen molar-refractivity contribution < 1.29 is 28.2 Å². The molecule has 1 unspecified atom stereocenters. The number of β-amino-alcohol motifs (C(OH)–C–C–N with tert-alkyl or cyclic N) is 1. The number of carbonyl (C=O) groups is 1. The van der Waals surface area contributed by atoms with E-state index >= 15 is 0 Å². The molecule has 2 aromatic carbocycles. The lowest BCUT2D eigenvalue weighted by atomic mass is 9.68. The van der Waals surface area contributed by atoms with Crippen LogP contribution in [0.1, 0.15) is 55.2 Å². The molecule has 4 aliphatic rings. The second-order valence-electron chi connectivity index (χ2n) is 13.1. The fourth-order valence-electron chi connectivity index (χ4n) is 7.61. The molecule has 0 radical (unpaired) electrons. The third-order valence-corrected chi connectivity index (χ3v) is 12.0. The third-order valence-electron chi connectivity index (χ3n) is 10.3. The highest BCUT2D eigenvalue weighted by molar-refractivity contribution is 7.87. The number of benzene rings is 2. The number of unbranched alkanes of at least 4 members (excludes halogenated alkanes) is 1. The lowest BCUT2D eigenvalue weighted by Crippen LogP contribution is -2.62.